The van der Waals surface area contributed by atoms with Crippen molar-refractivity contribution in [3.05, 3.63) is 52.3 Å². The standard InChI is InChI=1S/C16H21NOS/c1-4-6-7-12(5-2)16-10-13-14(11-17-3)18-9-8-15(13)19-16/h4-7,10,14,17H,2,8-9,11H2,1,3H3/b6-4-,12-7+. The van der Waals surface area contributed by atoms with Crippen molar-refractivity contribution >= 4 is 16.9 Å². The summed E-state index contributed by atoms with van der Waals surface area (Å²) in [5, 5.41) is 3.20. The fourth-order valence-electron chi connectivity index (χ4n) is 2.24. The number of rotatable bonds is 5. The van der Waals surface area contributed by atoms with E-state index in [0.717, 1.165) is 19.6 Å². The predicted molar refractivity (Wildman–Crippen MR) is 83.6 cm³/mol. The van der Waals surface area contributed by atoms with Gasteiger partial charge in [-0.05, 0) is 31.2 Å². The second-order valence-electron chi connectivity index (χ2n) is 4.51. The summed E-state index contributed by atoms with van der Waals surface area (Å²) in [7, 11) is 1.96. The highest BCUT2D eigenvalue weighted by atomic mass is 32.1. The van der Waals surface area contributed by atoms with E-state index in [0.29, 0.717) is 0 Å². The minimum atomic E-state index is 0.187. The maximum Gasteiger partial charge on any atom is 0.0960 e. The molecule has 0 aliphatic carbocycles. The molecule has 2 rings (SSSR count). The molecular weight excluding hydrogens is 254 g/mol. The first-order chi connectivity index (χ1) is 9.30. The molecular formula is C16H21NOS. The van der Waals surface area contributed by atoms with Gasteiger partial charge >= 0.3 is 0 Å². The third kappa shape index (κ3) is 3.24. The highest BCUT2D eigenvalue weighted by molar-refractivity contribution is 7.13. The summed E-state index contributed by atoms with van der Waals surface area (Å²) >= 11 is 1.87. The summed E-state index contributed by atoms with van der Waals surface area (Å²) in [6.45, 7) is 7.62. The predicted octanol–water partition coefficient (Wildman–Crippen LogP) is 3.73. The number of ether oxygens (including phenoxy) is 1. The van der Waals surface area contributed by atoms with E-state index in [2.05, 4.69) is 30.1 Å². The van der Waals surface area contributed by atoms with Gasteiger partial charge in [0.2, 0.25) is 0 Å². The number of nitrogens with one attached hydrogen (secondary N) is 1. The van der Waals surface area contributed by atoms with Crippen molar-refractivity contribution in [1.29, 1.82) is 0 Å². The van der Waals surface area contributed by atoms with Gasteiger partial charge in [-0.15, -0.1) is 11.3 Å². The van der Waals surface area contributed by atoms with Crippen LogP contribution in [0.1, 0.15) is 28.3 Å². The van der Waals surface area contributed by atoms with Crippen LogP contribution in [0.4, 0.5) is 0 Å². The molecule has 1 N–H and O–H groups in total. The zero-order chi connectivity index (χ0) is 13.7. The molecule has 19 heavy (non-hydrogen) atoms. The van der Waals surface area contributed by atoms with Gasteiger partial charge in [-0.25, -0.2) is 0 Å². The number of hydrogen-bond acceptors (Lipinski definition) is 3. The Balaban J connectivity index is 2.32. The van der Waals surface area contributed by atoms with Gasteiger partial charge in [0.25, 0.3) is 0 Å². The summed E-state index contributed by atoms with van der Waals surface area (Å²) in [6, 6.07) is 2.26. The quantitative estimate of drug-likeness (QED) is 0.827. The second-order valence-corrected chi connectivity index (χ2v) is 5.64. The van der Waals surface area contributed by atoms with Gasteiger partial charge < -0.3 is 10.1 Å². The molecule has 0 bridgehead atoms. The van der Waals surface area contributed by atoms with Crippen molar-refractivity contribution in [3.8, 4) is 0 Å². The lowest BCUT2D eigenvalue weighted by atomic mass is 10.0. The molecule has 0 radical (unpaired) electrons. The maximum absolute atomic E-state index is 5.84. The zero-order valence-corrected chi connectivity index (χ0v) is 12.4. The summed E-state index contributed by atoms with van der Waals surface area (Å²) in [6.07, 6.45) is 9.32. The zero-order valence-electron chi connectivity index (χ0n) is 11.6. The number of thiophene rings is 1. The van der Waals surface area contributed by atoms with Crippen LogP contribution < -0.4 is 5.32 Å². The molecule has 102 valence electrons. The van der Waals surface area contributed by atoms with Gasteiger partial charge in [-0.1, -0.05) is 30.9 Å². The molecule has 0 saturated carbocycles. The molecule has 0 saturated heterocycles. The summed E-state index contributed by atoms with van der Waals surface area (Å²) in [5.41, 5.74) is 2.52. The average molecular weight is 275 g/mol. The number of fused-ring (bicyclic) bond motifs is 1. The largest absolute Gasteiger partial charge is 0.372 e. The minimum absolute atomic E-state index is 0.187. The lowest BCUT2D eigenvalue weighted by Gasteiger charge is -2.22. The van der Waals surface area contributed by atoms with E-state index in [4.69, 9.17) is 4.74 Å². The maximum atomic E-state index is 5.84. The smallest absolute Gasteiger partial charge is 0.0960 e. The Hall–Kier alpha value is -1.16. The normalized spacial score (nSPS) is 19.7. The summed E-state index contributed by atoms with van der Waals surface area (Å²) < 4.78 is 5.84. The monoisotopic (exact) mass is 275 g/mol. The van der Waals surface area contributed by atoms with Crippen molar-refractivity contribution in [2.45, 2.75) is 19.4 Å². The van der Waals surface area contributed by atoms with E-state index in [9.17, 15) is 0 Å². The summed E-state index contributed by atoms with van der Waals surface area (Å²) in [5.74, 6) is 0. The molecule has 1 unspecified atom stereocenters. The van der Waals surface area contributed by atoms with Crippen LogP contribution >= 0.6 is 11.3 Å². The van der Waals surface area contributed by atoms with Gasteiger partial charge in [0, 0.05) is 22.7 Å². The van der Waals surface area contributed by atoms with Crippen molar-refractivity contribution < 1.29 is 4.74 Å². The van der Waals surface area contributed by atoms with E-state index in [1.807, 2.05) is 37.5 Å². The molecule has 3 heteroatoms. The van der Waals surface area contributed by atoms with Crippen LogP contribution in [0.15, 0.2) is 36.9 Å². The summed E-state index contributed by atoms with van der Waals surface area (Å²) in [4.78, 5) is 2.74. The van der Waals surface area contributed by atoms with Gasteiger partial charge in [0.1, 0.15) is 0 Å². The molecule has 0 spiro atoms. The number of allylic oxidation sites excluding steroid dienone is 5. The lowest BCUT2D eigenvalue weighted by Crippen LogP contribution is -2.24. The first-order valence-electron chi connectivity index (χ1n) is 6.64. The Bertz CT molecular complexity index is 499. The van der Waals surface area contributed by atoms with Crippen LogP contribution in [0.2, 0.25) is 0 Å². The molecule has 0 aromatic carbocycles. The first kappa shape index (κ1) is 14.3. The van der Waals surface area contributed by atoms with Gasteiger partial charge in [0.15, 0.2) is 0 Å². The highest BCUT2D eigenvalue weighted by Crippen LogP contribution is 2.36. The Morgan fingerprint density at radius 3 is 3.16 bits per heavy atom. The Morgan fingerprint density at radius 1 is 1.63 bits per heavy atom. The van der Waals surface area contributed by atoms with Gasteiger partial charge in [-0.2, -0.15) is 0 Å². The van der Waals surface area contributed by atoms with Gasteiger partial charge in [0.05, 0.1) is 12.7 Å². The molecule has 1 aromatic heterocycles. The van der Waals surface area contributed by atoms with E-state index < -0.39 is 0 Å². The lowest BCUT2D eigenvalue weighted by molar-refractivity contribution is 0.0451. The van der Waals surface area contributed by atoms with E-state index >= 15 is 0 Å². The van der Waals surface area contributed by atoms with Crippen LogP contribution in [0.25, 0.3) is 5.57 Å². The van der Waals surface area contributed by atoms with Gasteiger partial charge in [-0.3, -0.25) is 0 Å². The first-order valence-corrected chi connectivity index (χ1v) is 7.46. The second kappa shape index (κ2) is 6.85. The SMILES string of the molecule is C=C/C(=C\C=C/C)c1cc2c(s1)CCOC2CNC. The average Bonchev–Trinajstić information content (AvgIpc) is 2.85. The molecule has 1 aromatic rings. The van der Waals surface area contributed by atoms with Crippen LogP contribution in [-0.4, -0.2) is 20.2 Å². The number of hydrogen-bond donors (Lipinski definition) is 1. The van der Waals surface area contributed by atoms with E-state index in [-0.39, 0.29) is 6.10 Å². The van der Waals surface area contributed by atoms with E-state index in [1.54, 1.807) is 0 Å². The topological polar surface area (TPSA) is 21.3 Å². The van der Waals surface area contributed by atoms with Crippen molar-refractivity contribution in [2.24, 2.45) is 0 Å². The Morgan fingerprint density at radius 2 is 2.47 bits per heavy atom. The van der Waals surface area contributed by atoms with Crippen molar-refractivity contribution in [1.82, 2.24) is 5.32 Å². The van der Waals surface area contributed by atoms with Crippen molar-refractivity contribution in [3.63, 3.8) is 0 Å². The highest BCUT2D eigenvalue weighted by Gasteiger charge is 2.23. The van der Waals surface area contributed by atoms with Crippen LogP contribution in [0.3, 0.4) is 0 Å². The van der Waals surface area contributed by atoms with Crippen LogP contribution in [0, 0.1) is 0 Å². The Kier molecular flexibility index (Phi) is 5.14. The molecule has 1 aliphatic rings. The third-order valence-corrected chi connectivity index (χ3v) is 4.46. The molecule has 0 fully saturated rings. The molecule has 1 aliphatic heterocycles. The van der Waals surface area contributed by atoms with E-state index in [1.165, 1.54) is 20.9 Å². The minimum Gasteiger partial charge on any atom is -0.372 e. The molecule has 1 atom stereocenters. The van der Waals surface area contributed by atoms with Crippen LogP contribution in [0.5, 0.6) is 0 Å². The molecule has 2 nitrogen and oxygen atoms in total. The van der Waals surface area contributed by atoms with Crippen LogP contribution in [-0.2, 0) is 11.2 Å². The molecule has 2 heterocycles. The fraction of sp³-hybridized carbons (Fsp3) is 0.375. The Labute approximate surface area is 119 Å². The molecule has 0 amide bonds. The number of likely N-dealkylation sites (N-methyl/N-ethyl adjacent to an activating group) is 1. The third-order valence-electron chi connectivity index (χ3n) is 3.20. The fourth-order valence-corrected chi connectivity index (χ4v) is 3.46. The van der Waals surface area contributed by atoms with Crippen molar-refractivity contribution in [2.75, 3.05) is 20.2 Å².